The van der Waals surface area contributed by atoms with Gasteiger partial charge in [-0.1, -0.05) is 30.3 Å². The second-order valence-electron chi connectivity index (χ2n) is 5.10. The molecule has 108 valence electrons. The van der Waals surface area contributed by atoms with Gasteiger partial charge in [0, 0.05) is 31.7 Å². The van der Waals surface area contributed by atoms with E-state index in [1.165, 1.54) is 31.6 Å². The predicted octanol–water partition coefficient (Wildman–Crippen LogP) is 0.390. The summed E-state index contributed by atoms with van der Waals surface area (Å²) in [5.41, 5.74) is 1.98. The molecule has 2 heterocycles. The predicted molar refractivity (Wildman–Crippen MR) is 72.3 cm³/mol. The van der Waals surface area contributed by atoms with E-state index in [0.29, 0.717) is 5.54 Å². The Bertz CT molecular complexity index is 468. The van der Waals surface area contributed by atoms with Gasteiger partial charge in [0.1, 0.15) is 0 Å². The number of nitrogens with one attached hydrogen (secondary N) is 1. The third-order valence-electron chi connectivity index (χ3n) is 3.83. The fourth-order valence-corrected chi connectivity index (χ4v) is 2.45. The number of hydrogen-bond donors (Lipinski definition) is 3. The zero-order valence-corrected chi connectivity index (χ0v) is 11.1. The molecule has 1 aromatic rings. The van der Waals surface area contributed by atoms with E-state index in [4.69, 9.17) is 19.8 Å². The van der Waals surface area contributed by atoms with Crippen molar-refractivity contribution in [3.63, 3.8) is 0 Å². The van der Waals surface area contributed by atoms with Gasteiger partial charge in [-0.2, -0.15) is 0 Å². The number of rotatable bonds is 2. The van der Waals surface area contributed by atoms with Crippen LogP contribution in [0.5, 0.6) is 0 Å². The van der Waals surface area contributed by atoms with E-state index >= 15 is 0 Å². The van der Waals surface area contributed by atoms with Crippen LogP contribution in [0.15, 0.2) is 30.3 Å². The van der Waals surface area contributed by atoms with E-state index in [9.17, 15) is 0 Å². The Morgan fingerprint density at radius 2 is 1.75 bits per heavy atom. The molecular formula is C14H18N2O4. The van der Waals surface area contributed by atoms with Crippen LogP contribution in [0.2, 0.25) is 0 Å². The van der Waals surface area contributed by atoms with Crippen molar-refractivity contribution >= 4 is 11.9 Å². The number of hydrogen-bond acceptors (Lipinski definition) is 4. The molecule has 20 heavy (non-hydrogen) atoms. The molecule has 0 atom stereocenters. The Hall–Kier alpha value is -1.92. The monoisotopic (exact) mass is 278 g/mol. The third kappa shape index (κ3) is 3.15. The number of carboxylic acids is 2. The van der Waals surface area contributed by atoms with E-state index in [1.54, 1.807) is 0 Å². The summed E-state index contributed by atoms with van der Waals surface area (Å²) in [5.74, 6) is -3.65. The van der Waals surface area contributed by atoms with Crippen LogP contribution in [-0.4, -0.2) is 52.2 Å². The van der Waals surface area contributed by atoms with Crippen LogP contribution in [0, 0.1) is 0 Å². The SMILES string of the molecule is O=C(O)C(=O)O.c1ccc(CN2CCC23CNC3)cc1. The van der Waals surface area contributed by atoms with Crippen LogP contribution < -0.4 is 5.32 Å². The highest BCUT2D eigenvalue weighted by Gasteiger charge is 2.48. The molecule has 2 saturated heterocycles. The Morgan fingerprint density at radius 3 is 2.10 bits per heavy atom. The van der Waals surface area contributed by atoms with Gasteiger partial charge in [0.25, 0.3) is 0 Å². The Kier molecular flexibility index (Phi) is 4.36. The molecule has 3 N–H and O–H groups in total. The normalized spacial score (nSPS) is 19.2. The number of nitrogens with zero attached hydrogens (tertiary/aromatic N) is 1. The fourth-order valence-electron chi connectivity index (χ4n) is 2.45. The fraction of sp³-hybridized carbons (Fsp3) is 0.429. The molecule has 0 aromatic heterocycles. The second kappa shape index (κ2) is 6.02. The van der Waals surface area contributed by atoms with Gasteiger partial charge in [0.15, 0.2) is 0 Å². The maximum absolute atomic E-state index is 9.10. The van der Waals surface area contributed by atoms with Crippen molar-refractivity contribution in [2.75, 3.05) is 19.6 Å². The average Bonchev–Trinajstić information content (AvgIpc) is 2.35. The van der Waals surface area contributed by atoms with Gasteiger partial charge in [-0.25, -0.2) is 9.59 Å². The summed E-state index contributed by atoms with van der Waals surface area (Å²) in [6.45, 7) is 4.79. The molecular weight excluding hydrogens is 260 g/mol. The maximum atomic E-state index is 9.10. The van der Waals surface area contributed by atoms with Crippen molar-refractivity contribution in [1.29, 1.82) is 0 Å². The molecule has 0 radical (unpaired) electrons. The summed E-state index contributed by atoms with van der Waals surface area (Å²) in [4.78, 5) is 20.8. The second-order valence-corrected chi connectivity index (χ2v) is 5.10. The van der Waals surface area contributed by atoms with E-state index in [-0.39, 0.29) is 0 Å². The maximum Gasteiger partial charge on any atom is 0.414 e. The van der Waals surface area contributed by atoms with Gasteiger partial charge in [0.2, 0.25) is 0 Å². The van der Waals surface area contributed by atoms with Crippen molar-refractivity contribution in [3.8, 4) is 0 Å². The third-order valence-corrected chi connectivity index (χ3v) is 3.83. The minimum atomic E-state index is -1.82. The lowest BCUT2D eigenvalue weighted by Crippen LogP contribution is -2.75. The molecule has 0 bridgehead atoms. The molecule has 0 amide bonds. The van der Waals surface area contributed by atoms with E-state index in [1.807, 2.05) is 0 Å². The highest BCUT2D eigenvalue weighted by Crippen LogP contribution is 2.35. The molecule has 2 aliphatic rings. The van der Waals surface area contributed by atoms with Gasteiger partial charge in [-0.15, -0.1) is 0 Å². The summed E-state index contributed by atoms with van der Waals surface area (Å²) < 4.78 is 0. The Labute approximate surface area is 117 Å². The first-order valence-electron chi connectivity index (χ1n) is 6.49. The standard InChI is InChI=1S/C12H16N2.C2H2O4/c1-2-4-11(5-3-1)8-14-7-6-12(14)9-13-10-12;3-1(4)2(5)6/h1-5,13H,6-10H2;(H,3,4)(H,5,6). The van der Waals surface area contributed by atoms with Crippen LogP contribution in [-0.2, 0) is 16.1 Å². The summed E-state index contributed by atoms with van der Waals surface area (Å²) >= 11 is 0. The van der Waals surface area contributed by atoms with Crippen LogP contribution in [0.3, 0.4) is 0 Å². The molecule has 1 aromatic carbocycles. The van der Waals surface area contributed by atoms with Crippen molar-refractivity contribution in [1.82, 2.24) is 10.2 Å². The molecule has 0 saturated carbocycles. The van der Waals surface area contributed by atoms with Gasteiger partial charge in [0.05, 0.1) is 0 Å². The average molecular weight is 278 g/mol. The van der Waals surface area contributed by atoms with Crippen LogP contribution in [0.1, 0.15) is 12.0 Å². The van der Waals surface area contributed by atoms with E-state index in [0.717, 1.165) is 6.54 Å². The summed E-state index contributed by atoms with van der Waals surface area (Å²) in [7, 11) is 0. The van der Waals surface area contributed by atoms with Gasteiger partial charge in [-0.3, -0.25) is 4.90 Å². The van der Waals surface area contributed by atoms with Crippen LogP contribution in [0.25, 0.3) is 0 Å². The number of benzene rings is 1. The lowest BCUT2D eigenvalue weighted by molar-refractivity contribution is -0.159. The number of aliphatic carboxylic acids is 2. The van der Waals surface area contributed by atoms with E-state index < -0.39 is 11.9 Å². The Morgan fingerprint density at radius 1 is 1.15 bits per heavy atom. The van der Waals surface area contributed by atoms with Gasteiger partial charge >= 0.3 is 11.9 Å². The molecule has 1 spiro atoms. The zero-order valence-electron chi connectivity index (χ0n) is 11.1. The number of likely N-dealkylation sites (tertiary alicyclic amines) is 1. The Balaban J connectivity index is 0.000000212. The largest absolute Gasteiger partial charge is 0.473 e. The van der Waals surface area contributed by atoms with Crippen LogP contribution >= 0.6 is 0 Å². The van der Waals surface area contributed by atoms with Gasteiger partial charge in [-0.05, 0) is 12.0 Å². The van der Waals surface area contributed by atoms with Crippen LogP contribution in [0.4, 0.5) is 0 Å². The lowest BCUT2D eigenvalue weighted by atomic mass is 9.79. The lowest BCUT2D eigenvalue weighted by Gasteiger charge is -2.59. The highest BCUT2D eigenvalue weighted by atomic mass is 16.4. The van der Waals surface area contributed by atoms with Crippen molar-refractivity contribution in [2.45, 2.75) is 18.5 Å². The molecule has 2 aliphatic heterocycles. The van der Waals surface area contributed by atoms with Gasteiger partial charge < -0.3 is 15.5 Å². The quantitative estimate of drug-likeness (QED) is 0.678. The summed E-state index contributed by atoms with van der Waals surface area (Å²) in [6, 6.07) is 10.8. The van der Waals surface area contributed by atoms with E-state index in [2.05, 4.69) is 40.5 Å². The molecule has 6 nitrogen and oxygen atoms in total. The minimum absolute atomic E-state index is 0.538. The minimum Gasteiger partial charge on any atom is -0.473 e. The first kappa shape index (κ1) is 14.5. The van der Waals surface area contributed by atoms with Crippen molar-refractivity contribution in [2.24, 2.45) is 0 Å². The van der Waals surface area contributed by atoms with Crippen molar-refractivity contribution < 1.29 is 19.8 Å². The number of carbonyl (C=O) groups is 2. The summed E-state index contributed by atoms with van der Waals surface area (Å²) in [5, 5.41) is 18.2. The summed E-state index contributed by atoms with van der Waals surface area (Å²) in [6.07, 6.45) is 1.38. The first-order chi connectivity index (χ1) is 9.53. The first-order valence-corrected chi connectivity index (χ1v) is 6.49. The highest BCUT2D eigenvalue weighted by molar-refractivity contribution is 6.27. The molecule has 0 aliphatic carbocycles. The smallest absolute Gasteiger partial charge is 0.414 e. The molecule has 0 unspecified atom stereocenters. The zero-order chi connectivity index (χ0) is 14.6. The topological polar surface area (TPSA) is 89.9 Å². The molecule has 3 rings (SSSR count). The molecule has 6 heteroatoms. The van der Waals surface area contributed by atoms with Crippen molar-refractivity contribution in [3.05, 3.63) is 35.9 Å². The molecule has 2 fully saturated rings. The number of carboxylic acid groups (broad SMARTS) is 2.